The standard InChI is InChI=1S/C10H12FN5O4/c11-16-8(19)6-7(14-10(16)12)15(3-13-6)9-5(18)1-4(2-17)20-9/h3-5,9,17-18H,1-2H2,(H2,12,14)/t4-,5+,9+/m0/s1. The Kier molecular flexibility index (Phi) is 2.92. The van der Waals surface area contributed by atoms with Crippen molar-refractivity contribution in [2.24, 2.45) is 0 Å². The molecule has 1 saturated heterocycles. The summed E-state index contributed by atoms with van der Waals surface area (Å²) in [5, 5.41) is 19.0. The van der Waals surface area contributed by atoms with Crippen molar-refractivity contribution < 1.29 is 19.4 Å². The predicted octanol–water partition coefficient (Wildman–Crippen LogP) is -1.45. The monoisotopic (exact) mass is 285 g/mol. The molecular weight excluding hydrogens is 273 g/mol. The van der Waals surface area contributed by atoms with Crippen LogP contribution in [0.1, 0.15) is 12.6 Å². The van der Waals surface area contributed by atoms with Gasteiger partial charge in [0.1, 0.15) is 6.10 Å². The van der Waals surface area contributed by atoms with Gasteiger partial charge >= 0.3 is 5.56 Å². The molecule has 3 heterocycles. The molecule has 1 fully saturated rings. The van der Waals surface area contributed by atoms with E-state index in [0.717, 1.165) is 0 Å². The minimum absolute atomic E-state index is 0.0176. The third kappa shape index (κ3) is 1.77. The minimum Gasteiger partial charge on any atom is -0.394 e. The maximum Gasteiger partial charge on any atom is 0.311 e. The van der Waals surface area contributed by atoms with Crippen LogP contribution in [-0.2, 0) is 4.74 Å². The van der Waals surface area contributed by atoms with Crippen molar-refractivity contribution in [3.05, 3.63) is 16.7 Å². The average molecular weight is 285 g/mol. The van der Waals surface area contributed by atoms with Crippen molar-refractivity contribution >= 4 is 17.1 Å². The highest BCUT2D eigenvalue weighted by Crippen LogP contribution is 2.30. The van der Waals surface area contributed by atoms with Crippen molar-refractivity contribution in [1.29, 1.82) is 0 Å². The van der Waals surface area contributed by atoms with E-state index in [4.69, 9.17) is 15.6 Å². The first-order valence-corrected chi connectivity index (χ1v) is 5.88. The molecule has 0 aromatic carbocycles. The first-order chi connectivity index (χ1) is 9.52. The van der Waals surface area contributed by atoms with Crippen LogP contribution in [0.4, 0.5) is 10.4 Å². The molecular formula is C10H12FN5O4. The lowest BCUT2D eigenvalue weighted by Gasteiger charge is -2.16. The Labute approximate surface area is 111 Å². The number of aliphatic hydroxyl groups is 2. The second-order valence-corrected chi connectivity index (χ2v) is 4.51. The van der Waals surface area contributed by atoms with Crippen LogP contribution in [0.2, 0.25) is 0 Å². The molecule has 0 aliphatic carbocycles. The van der Waals surface area contributed by atoms with Crippen LogP contribution in [0, 0.1) is 0 Å². The molecule has 1 aliphatic rings. The van der Waals surface area contributed by atoms with Gasteiger partial charge in [-0.3, -0.25) is 9.36 Å². The number of nitrogens with two attached hydrogens (primary N) is 1. The van der Waals surface area contributed by atoms with Crippen LogP contribution in [0.15, 0.2) is 11.1 Å². The van der Waals surface area contributed by atoms with E-state index in [1.807, 2.05) is 0 Å². The third-order valence-electron chi connectivity index (χ3n) is 3.21. The molecule has 10 heteroatoms. The average Bonchev–Trinajstić information content (AvgIpc) is 2.99. The summed E-state index contributed by atoms with van der Waals surface area (Å²) in [6.07, 6.45) is -0.839. The zero-order valence-electron chi connectivity index (χ0n) is 10.2. The summed E-state index contributed by atoms with van der Waals surface area (Å²) in [5.41, 5.74) is 4.06. The first-order valence-electron chi connectivity index (χ1n) is 5.88. The van der Waals surface area contributed by atoms with Gasteiger partial charge in [-0.05, 0) is 0 Å². The minimum atomic E-state index is -1.03. The quantitative estimate of drug-likeness (QED) is 0.615. The number of aromatic nitrogens is 4. The Morgan fingerprint density at radius 2 is 2.35 bits per heavy atom. The Morgan fingerprint density at radius 3 is 3.00 bits per heavy atom. The number of halogens is 1. The number of anilines is 1. The molecule has 3 atom stereocenters. The fourth-order valence-electron chi connectivity index (χ4n) is 2.25. The first kappa shape index (κ1) is 13.0. The van der Waals surface area contributed by atoms with E-state index < -0.39 is 29.9 Å². The van der Waals surface area contributed by atoms with Crippen molar-refractivity contribution in [3.8, 4) is 0 Å². The van der Waals surface area contributed by atoms with E-state index in [9.17, 15) is 14.4 Å². The molecule has 2 aromatic rings. The van der Waals surface area contributed by atoms with Crippen LogP contribution in [0.25, 0.3) is 11.2 Å². The Morgan fingerprint density at radius 1 is 1.60 bits per heavy atom. The fourth-order valence-corrected chi connectivity index (χ4v) is 2.25. The molecule has 1 aliphatic heterocycles. The second kappa shape index (κ2) is 4.51. The van der Waals surface area contributed by atoms with Gasteiger partial charge in [0.25, 0.3) is 0 Å². The summed E-state index contributed by atoms with van der Waals surface area (Å²) in [7, 11) is 0. The van der Waals surface area contributed by atoms with Crippen LogP contribution >= 0.6 is 0 Å². The van der Waals surface area contributed by atoms with E-state index >= 15 is 0 Å². The Balaban J connectivity index is 2.12. The van der Waals surface area contributed by atoms with Gasteiger partial charge in [0, 0.05) is 6.42 Å². The molecule has 0 spiro atoms. The van der Waals surface area contributed by atoms with Gasteiger partial charge < -0.3 is 20.7 Å². The smallest absolute Gasteiger partial charge is 0.311 e. The van der Waals surface area contributed by atoms with Crippen LogP contribution < -0.4 is 11.3 Å². The predicted molar refractivity (Wildman–Crippen MR) is 64.3 cm³/mol. The molecule has 0 amide bonds. The van der Waals surface area contributed by atoms with Crippen LogP contribution in [0.3, 0.4) is 0 Å². The van der Waals surface area contributed by atoms with Gasteiger partial charge in [-0.15, -0.1) is 4.79 Å². The van der Waals surface area contributed by atoms with E-state index in [1.54, 1.807) is 0 Å². The molecule has 0 bridgehead atoms. The van der Waals surface area contributed by atoms with Crippen LogP contribution in [-0.4, -0.2) is 48.4 Å². The zero-order valence-corrected chi connectivity index (χ0v) is 10.2. The van der Waals surface area contributed by atoms with Gasteiger partial charge in [0.15, 0.2) is 17.4 Å². The van der Waals surface area contributed by atoms with Gasteiger partial charge in [0.2, 0.25) is 5.95 Å². The van der Waals surface area contributed by atoms with Crippen LogP contribution in [0.5, 0.6) is 0 Å². The fraction of sp³-hybridized carbons (Fsp3) is 0.500. The van der Waals surface area contributed by atoms with Gasteiger partial charge in [-0.25, -0.2) is 4.98 Å². The highest BCUT2D eigenvalue weighted by atomic mass is 19.2. The lowest BCUT2D eigenvalue weighted by molar-refractivity contribution is -0.0486. The topological polar surface area (TPSA) is 128 Å². The van der Waals surface area contributed by atoms with E-state index in [2.05, 4.69) is 9.97 Å². The number of ether oxygens (including phenoxy) is 1. The maximum absolute atomic E-state index is 13.3. The lowest BCUT2D eigenvalue weighted by atomic mass is 10.2. The van der Waals surface area contributed by atoms with Gasteiger partial charge in [-0.2, -0.15) is 4.98 Å². The summed E-state index contributed by atoms with van der Waals surface area (Å²) in [5.74, 6) is -0.615. The summed E-state index contributed by atoms with van der Waals surface area (Å²) < 4.78 is 20.0. The SMILES string of the molecule is Nc1nc2c(ncn2[C@@H]2O[C@H](CO)C[C@H]2O)c(=O)n1F. The maximum atomic E-state index is 13.3. The molecule has 0 saturated carbocycles. The number of aliphatic hydroxyl groups excluding tert-OH is 2. The van der Waals surface area contributed by atoms with Gasteiger partial charge in [-0.1, -0.05) is 4.48 Å². The molecule has 108 valence electrons. The number of nitrogen functional groups attached to an aromatic ring is 1. The third-order valence-corrected chi connectivity index (χ3v) is 3.21. The second-order valence-electron chi connectivity index (χ2n) is 4.51. The van der Waals surface area contributed by atoms with E-state index in [0.29, 0.717) is 0 Å². The van der Waals surface area contributed by atoms with Crippen molar-refractivity contribution in [1.82, 2.24) is 19.3 Å². The molecule has 3 rings (SSSR count). The highest BCUT2D eigenvalue weighted by molar-refractivity contribution is 5.70. The Hall–Kier alpha value is -2.04. The van der Waals surface area contributed by atoms with Crippen molar-refractivity contribution in [3.63, 3.8) is 0 Å². The number of imidazole rings is 1. The van der Waals surface area contributed by atoms with E-state index in [1.165, 1.54) is 10.9 Å². The molecule has 2 aromatic heterocycles. The Bertz CT molecular complexity index is 713. The number of hydrogen-bond acceptors (Lipinski definition) is 7. The summed E-state index contributed by atoms with van der Waals surface area (Å²) in [4.78, 5) is 18.8. The normalized spacial score (nSPS) is 26.4. The zero-order chi connectivity index (χ0) is 14.4. The highest BCUT2D eigenvalue weighted by Gasteiger charge is 2.36. The molecule has 0 unspecified atom stereocenters. The van der Waals surface area contributed by atoms with Gasteiger partial charge in [0.05, 0.1) is 19.0 Å². The summed E-state index contributed by atoms with van der Waals surface area (Å²) in [6.45, 7) is -0.243. The largest absolute Gasteiger partial charge is 0.394 e. The number of rotatable bonds is 2. The molecule has 20 heavy (non-hydrogen) atoms. The lowest BCUT2D eigenvalue weighted by Crippen LogP contribution is -2.22. The van der Waals surface area contributed by atoms with Crippen molar-refractivity contribution in [2.45, 2.75) is 24.9 Å². The molecule has 4 N–H and O–H groups in total. The molecule has 0 radical (unpaired) electrons. The summed E-state index contributed by atoms with van der Waals surface area (Å²) in [6, 6.07) is 0. The number of fused-ring (bicyclic) bond motifs is 1. The number of nitrogens with zero attached hydrogens (tertiary/aromatic N) is 4. The number of hydrogen-bond donors (Lipinski definition) is 3. The summed E-state index contributed by atoms with van der Waals surface area (Å²) >= 11 is 0. The van der Waals surface area contributed by atoms with Crippen molar-refractivity contribution in [2.75, 3.05) is 12.3 Å². The van der Waals surface area contributed by atoms with E-state index in [-0.39, 0.29) is 29.0 Å². The molecule has 9 nitrogen and oxygen atoms in total.